The summed E-state index contributed by atoms with van der Waals surface area (Å²) in [5, 5.41) is 2.82. The van der Waals surface area contributed by atoms with Gasteiger partial charge in [-0.05, 0) is 43.7 Å². The lowest BCUT2D eigenvalue weighted by Gasteiger charge is -2.31. The van der Waals surface area contributed by atoms with Crippen molar-refractivity contribution in [2.24, 2.45) is 5.92 Å². The molecule has 2 aromatic rings. The fourth-order valence-electron chi connectivity index (χ4n) is 2.97. The summed E-state index contributed by atoms with van der Waals surface area (Å²) >= 11 is 0. The zero-order valence-electron chi connectivity index (χ0n) is 14.1. The van der Waals surface area contributed by atoms with Gasteiger partial charge in [0.25, 0.3) is 0 Å². The Kier molecular flexibility index (Phi) is 5.45. The van der Waals surface area contributed by atoms with Crippen molar-refractivity contribution in [1.29, 1.82) is 0 Å². The van der Waals surface area contributed by atoms with Crippen LogP contribution in [0, 0.1) is 5.92 Å². The maximum absolute atomic E-state index is 12.5. The molecule has 1 saturated heterocycles. The van der Waals surface area contributed by atoms with E-state index in [9.17, 15) is 9.59 Å². The van der Waals surface area contributed by atoms with Crippen molar-refractivity contribution in [3.8, 4) is 0 Å². The summed E-state index contributed by atoms with van der Waals surface area (Å²) < 4.78 is 10.0. The first-order valence-electron chi connectivity index (χ1n) is 8.25. The molecule has 0 radical (unpaired) electrons. The monoisotopic (exact) mass is 343 g/mol. The molecule has 1 aliphatic rings. The van der Waals surface area contributed by atoms with E-state index in [-0.39, 0.29) is 11.8 Å². The maximum atomic E-state index is 12.5. The molecule has 1 N–H and O–H groups in total. The lowest BCUT2D eigenvalue weighted by molar-refractivity contribution is -0.121. The van der Waals surface area contributed by atoms with Gasteiger partial charge < -0.3 is 14.5 Å². The molecule has 0 bridgehead atoms. The Bertz CT molecular complexity index is 712. The van der Waals surface area contributed by atoms with Crippen LogP contribution in [0.1, 0.15) is 29.0 Å². The summed E-state index contributed by atoms with van der Waals surface area (Å²) in [5.74, 6) is 0.737. The van der Waals surface area contributed by atoms with E-state index >= 15 is 0 Å². The summed E-state index contributed by atoms with van der Waals surface area (Å²) in [7, 11) is 1.32. The van der Waals surface area contributed by atoms with E-state index in [0.717, 1.165) is 25.1 Å². The number of nitrogens with one attached hydrogen (secondary N) is 1. The largest absolute Gasteiger partial charge is 0.468 e. The average molecular weight is 343 g/mol. The molecule has 0 spiro atoms. The molecule has 7 heteroatoms. The quantitative estimate of drug-likeness (QED) is 0.839. The molecular weight excluding hydrogens is 322 g/mol. The standard InChI is InChI=1S/C18H21N3O4/c1-24-18(23)13-6-7-16(19-10-13)20-17(22)14-4-2-8-21(11-14)12-15-5-3-9-25-15/h3,5-7,9-10,14H,2,4,8,11-12H2,1H3,(H,19,20,22). The molecule has 7 nitrogen and oxygen atoms in total. The zero-order valence-corrected chi connectivity index (χ0v) is 14.1. The van der Waals surface area contributed by atoms with Crippen molar-refractivity contribution in [2.45, 2.75) is 19.4 Å². The minimum Gasteiger partial charge on any atom is -0.468 e. The molecule has 1 aliphatic heterocycles. The van der Waals surface area contributed by atoms with Crippen molar-refractivity contribution < 1.29 is 18.7 Å². The van der Waals surface area contributed by atoms with Gasteiger partial charge in [-0.3, -0.25) is 9.69 Å². The van der Waals surface area contributed by atoms with Gasteiger partial charge in [-0.2, -0.15) is 0 Å². The molecule has 3 heterocycles. The van der Waals surface area contributed by atoms with Gasteiger partial charge in [0.1, 0.15) is 11.6 Å². The number of methoxy groups -OCH3 is 1. The second-order valence-corrected chi connectivity index (χ2v) is 6.07. The molecule has 132 valence electrons. The van der Waals surface area contributed by atoms with Crippen LogP contribution in [0.25, 0.3) is 0 Å². The number of amides is 1. The van der Waals surface area contributed by atoms with Crippen LogP contribution in [0.5, 0.6) is 0 Å². The van der Waals surface area contributed by atoms with Crippen molar-refractivity contribution >= 4 is 17.7 Å². The van der Waals surface area contributed by atoms with Crippen LogP contribution in [0.4, 0.5) is 5.82 Å². The van der Waals surface area contributed by atoms with E-state index in [2.05, 4.69) is 19.9 Å². The number of pyridine rings is 1. The summed E-state index contributed by atoms with van der Waals surface area (Å²) in [6.07, 6.45) is 4.87. The smallest absolute Gasteiger partial charge is 0.339 e. The molecule has 2 aromatic heterocycles. The topological polar surface area (TPSA) is 84.7 Å². The minimum absolute atomic E-state index is 0.0533. The van der Waals surface area contributed by atoms with Crippen LogP contribution < -0.4 is 5.32 Å². The lowest BCUT2D eigenvalue weighted by atomic mass is 9.97. The van der Waals surface area contributed by atoms with E-state index in [1.54, 1.807) is 18.4 Å². The number of nitrogens with zero attached hydrogens (tertiary/aromatic N) is 2. The Morgan fingerprint density at radius 2 is 2.28 bits per heavy atom. The molecular formula is C18H21N3O4. The Labute approximate surface area is 146 Å². The highest BCUT2D eigenvalue weighted by molar-refractivity contribution is 5.93. The highest BCUT2D eigenvalue weighted by Gasteiger charge is 2.26. The first kappa shape index (κ1) is 17.2. The Hall–Kier alpha value is -2.67. The van der Waals surface area contributed by atoms with Gasteiger partial charge in [0.15, 0.2) is 0 Å². The van der Waals surface area contributed by atoms with Crippen LogP contribution in [0.3, 0.4) is 0 Å². The van der Waals surface area contributed by atoms with Crippen molar-refractivity contribution in [3.05, 3.63) is 48.0 Å². The first-order chi connectivity index (χ1) is 12.2. The SMILES string of the molecule is COC(=O)c1ccc(NC(=O)C2CCCN(Cc3ccco3)C2)nc1. The normalized spacial score (nSPS) is 17.9. The first-order valence-corrected chi connectivity index (χ1v) is 8.25. The van der Waals surface area contributed by atoms with Crippen LogP contribution in [-0.2, 0) is 16.1 Å². The Morgan fingerprint density at radius 3 is 2.96 bits per heavy atom. The number of ether oxygens (including phenoxy) is 1. The number of piperidine rings is 1. The highest BCUT2D eigenvalue weighted by atomic mass is 16.5. The second-order valence-electron chi connectivity index (χ2n) is 6.07. The number of carbonyl (C=O) groups is 2. The zero-order chi connectivity index (χ0) is 17.6. The maximum Gasteiger partial charge on any atom is 0.339 e. The number of likely N-dealkylation sites (tertiary alicyclic amines) is 1. The van der Waals surface area contributed by atoms with Gasteiger partial charge in [-0.1, -0.05) is 0 Å². The van der Waals surface area contributed by atoms with E-state index < -0.39 is 5.97 Å². The number of anilines is 1. The summed E-state index contributed by atoms with van der Waals surface area (Å²) in [5.41, 5.74) is 0.350. The molecule has 0 saturated carbocycles. The predicted octanol–water partition coefficient (Wildman–Crippen LogP) is 2.31. The van der Waals surface area contributed by atoms with Crippen LogP contribution >= 0.6 is 0 Å². The van der Waals surface area contributed by atoms with E-state index in [0.29, 0.717) is 24.5 Å². The van der Waals surface area contributed by atoms with Gasteiger partial charge in [0.2, 0.25) is 5.91 Å². The lowest BCUT2D eigenvalue weighted by Crippen LogP contribution is -2.40. The van der Waals surface area contributed by atoms with Crippen LogP contribution in [0.15, 0.2) is 41.1 Å². The number of aromatic nitrogens is 1. The van der Waals surface area contributed by atoms with Crippen LogP contribution in [-0.4, -0.2) is 42.0 Å². The van der Waals surface area contributed by atoms with Gasteiger partial charge >= 0.3 is 5.97 Å². The third-order valence-electron chi connectivity index (χ3n) is 4.27. The molecule has 0 aliphatic carbocycles. The molecule has 3 rings (SSSR count). The number of hydrogen-bond acceptors (Lipinski definition) is 6. The third kappa shape index (κ3) is 4.45. The molecule has 1 unspecified atom stereocenters. The Morgan fingerprint density at radius 1 is 1.40 bits per heavy atom. The number of hydrogen-bond donors (Lipinski definition) is 1. The number of carbonyl (C=O) groups excluding carboxylic acids is 2. The summed E-state index contributed by atoms with van der Waals surface area (Å²) in [6, 6.07) is 7.00. The van der Waals surface area contributed by atoms with Crippen LogP contribution in [0.2, 0.25) is 0 Å². The summed E-state index contributed by atoms with van der Waals surface area (Å²) in [6.45, 7) is 2.35. The second kappa shape index (κ2) is 7.94. The number of rotatable bonds is 5. The molecule has 1 atom stereocenters. The van der Waals surface area contributed by atoms with E-state index in [1.807, 2.05) is 12.1 Å². The Balaban J connectivity index is 1.56. The van der Waals surface area contributed by atoms with Crippen molar-refractivity contribution in [3.63, 3.8) is 0 Å². The van der Waals surface area contributed by atoms with Gasteiger partial charge in [-0.15, -0.1) is 0 Å². The van der Waals surface area contributed by atoms with Gasteiger partial charge in [0, 0.05) is 12.7 Å². The highest BCUT2D eigenvalue weighted by Crippen LogP contribution is 2.20. The van der Waals surface area contributed by atoms with Crippen molar-refractivity contribution in [1.82, 2.24) is 9.88 Å². The van der Waals surface area contributed by atoms with Gasteiger partial charge in [-0.25, -0.2) is 9.78 Å². The average Bonchev–Trinajstić information content (AvgIpc) is 3.15. The third-order valence-corrected chi connectivity index (χ3v) is 4.27. The van der Waals surface area contributed by atoms with Crippen molar-refractivity contribution in [2.75, 3.05) is 25.5 Å². The molecule has 0 aromatic carbocycles. The predicted molar refractivity (Wildman–Crippen MR) is 90.9 cm³/mol. The minimum atomic E-state index is -0.453. The molecule has 1 fully saturated rings. The fraction of sp³-hybridized carbons (Fsp3) is 0.389. The molecule has 25 heavy (non-hydrogen) atoms. The number of esters is 1. The molecule has 1 amide bonds. The number of furan rings is 1. The van der Waals surface area contributed by atoms with Gasteiger partial charge in [0.05, 0.1) is 31.4 Å². The summed E-state index contributed by atoms with van der Waals surface area (Å²) in [4.78, 5) is 30.2. The van der Waals surface area contributed by atoms with E-state index in [1.165, 1.54) is 13.3 Å². The fourth-order valence-corrected chi connectivity index (χ4v) is 2.97. The van der Waals surface area contributed by atoms with E-state index in [4.69, 9.17) is 4.42 Å².